The van der Waals surface area contributed by atoms with Crippen LogP contribution in [0, 0.1) is 5.82 Å². The summed E-state index contributed by atoms with van der Waals surface area (Å²) in [6, 6.07) is 11.0. The molecule has 2 heterocycles. The van der Waals surface area contributed by atoms with E-state index < -0.39 is 0 Å². The van der Waals surface area contributed by atoms with Crippen molar-refractivity contribution in [2.24, 2.45) is 0 Å². The second kappa shape index (κ2) is 6.31. The van der Waals surface area contributed by atoms with E-state index in [0.717, 1.165) is 37.6 Å². The van der Waals surface area contributed by atoms with Gasteiger partial charge in [-0.1, -0.05) is 12.1 Å². The lowest BCUT2D eigenvalue weighted by Gasteiger charge is -2.37. The van der Waals surface area contributed by atoms with Gasteiger partial charge in [0.1, 0.15) is 5.82 Å². The Balaban J connectivity index is 1.69. The molecule has 21 heavy (non-hydrogen) atoms. The van der Waals surface area contributed by atoms with Crippen molar-refractivity contribution in [2.45, 2.75) is 5.88 Å². The van der Waals surface area contributed by atoms with E-state index in [1.807, 2.05) is 24.3 Å². The third-order valence-electron chi connectivity index (χ3n) is 3.78. The van der Waals surface area contributed by atoms with Crippen LogP contribution in [0.5, 0.6) is 0 Å². The largest absolute Gasteiger partial charge is 0.368 e. The van der Waals surface area contributed by atoms with E-state index in [9.17, 15) is 4.39 Å². The van der Waals surface area contributed by atoms with E-state index in [-0.39, 0.29) is 5.82 Å². The van der Waals surface area contributed by atoms with E-state index in [1.54, 1.807) is 12.3 Å². The van der Waals surface area contributed by atoms with Crippen LogP contribution >= 0.6 is 11.6 Å². The quantitative estimate of drug-likeness (QED) is 0.811. The molecule has 3 rings (SSSR count). The highest BCUT2D eigenvalue weighted by Gasteiger charge is 2.19. The number of pyridine rings is 1. The summed E-state index contributed by atoms with van der Waals surface area (Å²) in [4.78, 5) is 8.59. The Kier molecular flexibility index (Phi) is 4.25. The monoisotopic (exact) mass is 305 g/mol. The zero-order chi connectivity index (χ0) is 14.7. The summed E-state index contributed by atoms with van der Waals surface area (Å²) in [7, 11) is 0. The van der Waals surface area contributed by atoms with Gasteiger partial charge < -0.3 is 9.80 Å². The highest BCUT2D eigenvalue weighted by Crippen LogP contribution is 2.23. The number of aromatic nitrogens is 1. The lowest BCUT2D eigenvalue weighted by atomic mass is 10.2. The molecule has 0 unspecified atom stereocenters. The maximum absolute atomic E-state index is 13.8. The number of nitrogens with zero attached hydrogens (tertiary/aromatic N) is 3. The molecule has 0 spiro atoms. The molecule has 5 heteroatoms. The number of hydrogen-bond acceptors (Lipinski definition) is 3. The predicted molar refractivity (Wildman–Crippen MR) is 84.6 cm³/mol. The van der Waals surface area contributed by atoms with Crippen LogP contribution in [-0.4, -0.2) is 31.2 Å². The van der Waals surface area contributed by atoms with Gasteiger partial charge in [0.15, 0.2) is 0 Å². The molecule has 110 valence electrons. The average molecular weight is 306 g/mol. The highest BCUT2D eigenvalue weighted by atomic mass is 35.5. The smallest absolute Gasteiger partial charge is 0.146 e. The van der Waals surface area contributed by atoms with Crippen molar-refractivity contribution in [3.63, 3.8) is 0 Å². The van der Waals surface area contributed by atoms with Gasteiger partial charge in [0, 0.05) is 38.1 Å². The fourth-order valence-corrected chi connectivity index (χ4v) is 2.80. The number of halogens is 2. The maximum atomic E-state index is 13.8. The molecule has 0 atom stereocenters. The topological polar surface area (TPSA) is 19.4 Å². The molecule has 1 aliphatic heterocycles. The second-order valence-corrected chi connectivity index (χ2v) is 5.33. The number of benzene rings is 1. The first-order chi connectivity index (χ1) is 10.3. The molecule has 1 aliphatic rings. The molecular weight excluding hydrogens is 289 g/mol. The zero-order valence-corrected chi connectivity index (χ0v) is 12.4. The number of alkyl halides is 1. The average Bonchev–Trinajstić information content (AvgIpc) is 2.56. The number of anilines is 2. The first-order valence-electron chi connectivity index (χ1n) is 7.03. The standard InChI is InChI=1S/C16H17ClFN3/c17-12-13-11-14(5-6-19-13)20-7-9-21(10-8-20)16-4-2-1-3-15(16)18/h1-6,11H,7-10,12H2. The van der Waals surface area contributed by atoms with Crippen molar-refractivity contribution in [1.29, 1.82) is 0 Å². The first-order valence-corrected chi connectivity index (χ1v) is 7.56. The number of para-hydroxylation sites is 1. The number of hydrogen-bond donors (Lipinski definition) is 0. The Morgan fingerprint density at radius 1 is 1.05 bits per heavy atom. The molecule has 1 fully saturated rings. The molecule has 0 N–H and O–H groups in total. The normalized spacial score (nSPS) is 15.3. The van der Waals surface area contributed by atoms with Gasteiger partial charge in [-0.25, -0.2) is 4.39 Å². The maximum Gasteiger partial charge on any atom is 0.146 e. The first kappa shape index (κ1) is 14.1. The highest BCUT2D eigenvalue weighted by molar-refractivity contribution is 6.16. The minimum atomic E-state index is -0.153. The summed E-state index contributed by atoms with van der Waals surface area (Å²) in [5, 5.41) is 0. The summed E-state index contributed by atoms with van der Waals surface area (Å²) in [6.07, 6.45) is 1.79. The van der Waals surface area contributed by atoms with Crippen LogP contribution in [0.15, 0.2) is 42.6 Å². The van der Waals surface area contributed by atoms with Gasteiger partial charge >= 0.3 is 0 Å². The van der Waals surface area contributed by atoms with Crippen LogP contribution in [0.25, 0.3) is 0 Å². The lowest BCUT2D eigenvalue weighted by Crippen LogP contribution is -2.46. The van der Waals surface area contributed by atoms with Crippen LogP contribution in [0.3, 0.4) is 0 Å². The molecule has 0 saturated carbocycles. The molecule has 1 aromatic carbocycles. The molecule has 0 aliphatic carbocycles. The van der Waals surface area contributed by atoms with Gasteiger partial charge in [-0.2, -0.15) is 0 Å². The molecule has 0 radical (unpaired) electrons. The lowest BCUT2D eigenvalue weighted by molar-refractivity contribution is 0.598. The zero-order valence-electron chi connectivity index (χ0n) is 11.7. The summed E-state index contributed by atoms with van der Waals surface area (Å²) >= 11 is 5.83. The Morgan fingerprint density at radius 2 is 1.76 bits per heavy atom. The molecular formula is C16H17ClFN3. The summed E-state index contributed by atoms with van der Waals surface area (Å²) < 4.78 is 13.8. The summed E-state index contributed by atoms with van der Waals surface area (Å²) in [5.41, 5.74) is 2.70. The Bertz CT molecular complexity index is 612. The van der Waals surface area contributed by atoms with Crippen molar-refractivity contribution in [3.05, 3.63) is 54.1 Å². The predicted octanol–water partition coefficient (Wildman–Crippen LogP) is 3.29. The van der Waals surface area contributed by atoms with E-state index in [0.29, 0.717) is 11.6 Å². The van der Waals surface area contributed by atoms with E-state index in [2.05, 4.69) is 14.8 Å². The van der Waals surface area contributed by atoms with Gasteiger partial charge in [0.05, 0.1) is 17.3 Å². The van der Waals surface area contributed by atoms with E-state index in [4.69, 9.17) is 11.6 Å². The molecule has 3 nitrogen and oxygen atoms in total. The van der Waals surface area contributed by atoms with Crippen LogP contribution in [0.1, 0.15) is 5.69 Å². The molecule has 0 amide bonds. The van der Waals surface area contributed by atoms with E-state index in [1.165, 1.54) is 6.07 Å². The molecule has 1 saturated heterocycles. The minimum Gasteiger partial charge on any atom is -0.368 e. The van der Waals surface area contributed by atoms with Gasteiger partial charge in [0.2, 0.25) is 0 Å². The Morgan fingerprint density at radius 3 is 2.48 bits per heavy atom. The van der Waals surface area contributed by atoms with Crippen molar-refractivity contribution in [2.75, 3.05) is 36.0 Å². The van der Waals surface area contributed by atoms with Crippen LogP contribution < -0.4 is 9.80 Å². The van der Waals surface area contributed by atoms with Crippen LogP contribution in [-0.2, 0) is 5.88 Å². The molecule has 0 bridgehead atoms. The van der Waals surface area contributed by atoms with Crippen LogP contribution in [0.2, 0.25) is 0 Å². The van der Waals surface area contributed by atoms with Crippen LogP contribution in [0.4, 0.5) is 15.8 Å². The molecule has 1 aromatic heterocycles. The van der Waals surface area contributed by atoms with Crippen molar-refractivity contribution < 1.29 is 4.39 Å². The summed E-state index contributed by atoms with van der Waals surface area (Å²) in [5.74, 6) is 0.266. The van der Waals surface area contributed by atoms with E-state index >= 15 is 0 Å². The third kappa shape index (κ3) is 3.10. The number of rotatable bonds is 3. The Labute approximate surface area is 129 Å². The third-order valence-corrected chi connectivity index (χ3v) is 4.05. The van der Waals surface area contributed by atoms with Gasteiger partial charge in [0.25, 0.3) is 0 Å². The van der Waals surface area contributed by atoms with Gasteiger partial charge in [-0.15, -0.1) is 11.6 Å². The van der Waals surface area contributed by atoms with Crippen molar-refractivity contribution >= 4 is 23.0 Å². The van der Waals surface area contributed by atoms with Crippen molar-refractivity contribution in [3.8, 4) is 0 Å². The van der Waals surface area contributed by atoms with Gasteiger partial charge in [-0.3, -0.25) is 4.98 Å². The SMILES string of the molecule is Fc1ccccc1N1CCN(c2ccnc(CCl)c2)CC1. The second-order valence-electron chi connectivity index (χ2n) is 5.06. The molecule has 2 aromatic rings. The fourth-order valence-electron chi connectivity index (χ4n) is 2.65. The number of piperazine rings is 1. The van der Waals surface area contributed by atoms with Gasteiger partial charge in [-0.05, 0) is 24.3 Å². The Hall–Kier alpha value is -1.81. The minimum absolute atomic E-state index is 0.153. The fraction of sp³-hybridized carbons (Fsp3) is 0.312. The van der Waals surface area contributed by atoms with Crippen molar-refractivity contribution in [1.82, 2.24) is 4.98 Å². The summed E-state index contributed by atoms with van der Waals surface area (Å²) in [6.45, 7) is 3.33.